The molecule has 1 unspecified atom stereocenters. The first-order valence-electron chi connectivity index (χ1n) is 8.51. The topological polar surface area (TPSA) is 92.8 Å². The van der Waals surface area contributed by atoms with Gasteiger partial charge in [0.25, 0.3) is 17.7 Å². The molecule has 0 saturated heterocycles. The molecule has 7 nitrogen and oxygen atoms in total. The Morgan fingerprint density at radius 2 is 1.45 bits per heavy atom. The van der Waals surface area contributed by atoms with Crippen LogP contribution in [0, 0.1) is 0 Å². The molecule has 0 saturated carbocycles. The molecule has 1 N–H and O–H groups in total. The van der Waals surface area contributed by atoms with Crippen LogP contribution < -0.4 is 5.32 Å². The van der Waals surface area contributed by atoms with Gasteiger partial charge >= 0.3 is 5.97 Å². The minimum absolute atomic E-state index is 0.193. The Labute approximate surface area is 201 Å². The van der Waals surface area contributed by atoms with Gasteiger partial charge in [0.2, 0.25) is 0 Å². The van der Waals surface area contributed by atoms with Gasteiger partial charge in [0.1, 0.15) is 6.04 Å². The minimum Gasteiger partial charge on any atom is -0.454 e. The molecular weight excluding hydrogens is 513 g/mol. The van der Waals surface area contributed by atoms with Crippen LogP contribution in [0.25, 0.3) is 0 Å². The maximum Gasteiger partial charge on any atom is 0.329 e. The van der Waals surface area contributed by atoms with E-state index in [0.717, 1.165) is 0 Å². The molecule has 0 aromatic heterocycles. The largest absolute Gasteiger partial charge is 0.454 e. The van der Waals surface area contributed by atoms with E-state index in [9.17, 15) is 19.2 Å². The predicted molar refractivity (Wildman–Crippen MR) is 117 cm³/mol. The van der Waals surface area contributed by atoms with Crippen molar-refractivity contribution >= 4 is 87.4 Å². The van der Waals surface area contributed by atoms with Gasteiger partial charge in [0.15, 0.2) is 6.61 Å². The van der Waals surface area contributed by atoms with Gasteiger partial charge in [-0.1, -0.05) is 70.1 Å². The molecule has 3 rings (SSSR count). The summed E-state index contributed by atoms with van der Waals surface area (Å²) in [6.07, 6.45) is 0. The average molecular weight is 525 g/mol. The number of fused-ring (bicyclic) bond motifs is 1. The number of imide groups is 1. The van der Waals surface area contributed by atoms with E-state index in [1.54, 1.807) is 24.3 Å². The number of hydrogen-bond donors (Lipinski definition) is 1. The molecule has 1 atom stereocenters. The lowest BCUT2D eigenvalue weighted by atomic mass is 10.1. The van der Waals surface area contributed by atoms with Crippen LogP contribution in [0.3, 0.4) is 0 Å². The lowest BCUT2D eigenvalue weighted by Gasteiger charge is -2.20. The fraction of sp³-hybridized carbons (Fsp3) is 0.158. The Morgan fingerprint density at radius 3 is 1.97 bits per heavy atom. The summed E-state index contributed by atoms with van der Waals surface area (Å²) < 4.78 is 4.94. The van der Waals surface area contributed by atoms with Crippen LogP contribution in [-0.2, 0) is 14.3 Å². The Hall–Kier alpha value is -2.03. The maximum absolute atomic E-state index is 12.8. The molecule has 0 bridgehead atoms. The Kier molecular flexibility index (Phi) is 7.03. The van der Waals surface area contributed by atoms with Crippen molar-refractivity contribution < 1.29 is 23.9 Å². The van der Waals surface area contributed by atoms with Crippen molar-refractivity contribution in [3.05, 3.63) is 60.5 Å². The van der Waals surface area contributed by atoms with E-state index >= 15 is 0 Å². The molecule has 162 valence electrons. The fourth-order valence-electron chi connectivity index (χ4n) is 2.83. The number of hydrogen-bond acceptors (Lipinski definition) is 5. The van der Waals surface area contributed by atoms with Crippen LogP contribution in [0.5, 0.6) is 0 Å². The second kappa shape index (κ2) is 9.22. The molecular formula is C19H11Cl5N2O5. The number of benzene rings is 2. The minimum atomic E-state index is -1.38. The van der Waals surface area contributed by atoms with E-state index in [1.165, 1.54) is 6.92 Å². The number of amides is 3. The number of rotatable bonds is 5. The van der Waals surface area contributed by atoms with Crippen molar-refractivity contribution in [1.29, 1.82) is 0 Å². The molecule has 0 fully saturated rings. The third-order valence-electron chi connectivity index (χ3n) is 4.35. The van der Waals surface area contributed by atoms with Gasteiger partial charge in [-0.3, -0.25) is 19.3 Å². The first kappa shape index (κ1) is 23.6. The summed E-state index contributed by atoms with van der Waals surface area (Å²) in [6.45, 7) is 0.581. The highest BCUT2D eigenvalue weighted by atomic mass is 35.5. The predicted octanol–water partition coefficient (Wildman–Crippen LogP) is 5.12. The summed E-state index contributed by atoms with van der Waals surface area (Å²) in [5.41, 5.74) is -0.194. The highest BCUT2D eigenvalue weighted by Crippen LogP contribution is 2.45. The average Bonchev–Trinajstić information content (AvgIpc) is 3.00. The molecule has 0 radical (unpaired) electrons. The van der Waals surface area contributed by atoms with Gasteiger partial charge in [-0.15, -0.1) is 0 Å². The quantitative estimate of drug-likeness (QED) is 0.254. The number of esters is 1. The summed E-state index contributed by atoms with van der Waals surface area (Å²) in [5.74, 6) is -3.46. The van der Waals surface area contributed by atoms with E-state index in [1.807, 2.05) is 0 Å². The van der Waals surface area contributed by atoms with Crippen molar-refractivity contribution in [3.8, 4) is 0 Å². The normalized spacial score (nSPS) is 13.8. The van der Waals surface area contributed by atoms with Crippen LogP contribution in [0.2, 0.25) is 25.1 Å². The number of carbonyl (C=O) groups excluding carboxylic acids is 4. The lowest BCUT2D eigenvalue weighted by molar-refractivity contribution is -0.150. The van der Waals surface area contributed by atoms with Gasteiger partial charge in [-0.05, 0) is 19.1 Å². The lowest BCUT2D eigenvalue weighted by Crippen LogP contribution is -2.44. The van der Waals surface area contributed by atoms with Crippen LogP contribution in [-0.4, -0.2) is 41.2 Å². The number of halogens is 5. The van der Waals surface area contributed by atoms with Crippen molar-refractivity contribution in [2.45, 2.75) is 13.0 Å². The van der Waals surface area contributed by atoms with Crippen molar-refractivity contribution in [3.63, 3.8) is 0 Å². The van der Waals surface area contributed by atoms with Crippen molar-refractivity contribution in [2.75, 3.05) is 11.9 Å². The molecule has 3 amide bonds. The molecule has 2 aromatic rings. The summed E-state index contributed by atoms with van der Waals surface area (Å²) in [6, 6.07) is 5.09. The maximum atomic E-state index is 12.8. The standard InChI is InChI=1S/C19H11Cl5N2O5/c1-7(19(30)31-6-10(27)25-9-5-3-2-4-8(9)20)26-17(28)11-12(18(26)29)14(22)16(24)15(23)13(11)21/h2-5,7H,6H2,1H3,(H,25,27). The second-order valence-electron chi connectivity index (χ2n) is 6.30. The van der Waals surface area contributed by atoms with E-state index in [4.69, 9.17) is 62.7 Å². The van der Waals surface area contributed by atoms with Crippen molar-refractivity contribution in [2.24, 2.45) is 0 Å². The van der Waals surface area contributed by atoms with E-state index in [0.29, 0.717) is 15.6 Å². The van der Waals surface area contributed by atoms with Gasteiger partial charge in [0.05, 0.1) is 41.9 Å². The SMILES string of the molecule is CC(C(=O)OCC(=O)Nc1ccccc1Cl)N1C(=O)c2c(Cl)c(Cl)c(Cl)c(Cl)c2C1=O. The Bertz CT molecular complexity index is 1090. The number of anilines is 1. The smallest absolute Gasteiger partial charge is 0.329 e. The van der Waals surface area contributed by atoms with Gasteiger partial charge < -0.3 is 10.1 Å². The second-order valence-corrected chi connectivity index (χ2v) is 8.22. The van der Waals surface area contributed by atoms with Crippen LogP contribution in [0.1, 0.15) is 27.6 Å². The zero-order valence-electron chi connectivity index (χ0n) is 15.5. The van der Waals surface area contributed by atoms with E-state index < -0.39 is 36.3 Å². The van der Waals surface area contributed by atoms with Crippen LogP contribution in [0.4, 0.5) is 5.69 Å². The Balaban J connectivity index is 1.73. The third-order valence-corrected chi connectivity index (χ3v) is 6.49. The highest BCUT2D eigenvalue weighted by molar-refractivity contribution is 6.55. The third kappa shape index (κ3) is 4.33. The summed E-state index contributed by atoms with van der Waals surface area (Å²) in [4.78, 5) is 50.6. The molecule has 12 heteroatoms. The molecule has 31 heavy (non-hydrogen) atoms. The molecule has 1 aliphatic rings. The fourth-order valence-corrected chi connectivity index (χ4v) is 4.03. The first-order chi connectivity index (χ1) is 14.6. The summed E-state index contributed by atoms with van der Waals surface area (Å²) in [7, 11) is 0. The van der Waals surface area contributed by atoms with E-state index in [2.05, 4.69) is 5.32 Å². The summed E-state index contributed by atoms with van der Waals surface area (Å²) >= 11 is 30.0. The molecule has 1 aliphatic heterocycles. The van der Waals surface area contributed by atoms with Crippen molar-refractivity contribution in [1.82, 2.24) is 4.90 Å². The summed E-state index contributed by atoms with van der Waals surface area (Å²) in [5, 5.41) is 1.87. The number of ether oxygens (including phenoxy) is 1. The molecule has 0 aliphatic carbocycles. The number of nitrogens with zero attached hydrogens (tertiary/aromatic N) is 1. The van der Waals surface area contributed by atoms with Crippen LogP contribution >= 0.6 is 58.0 Å². The highest BCUT2D eigenvalue weighted by Gasteiger charge is 2.45. The monoisotopic (exact) mass is 522 g/mol. The van der Waals surface area contributed by atoms with Gasteiger partial charge in [-0.2, -0.15) is 0 Å². The molecule has 0 spiro atoms. The Morgan fingerprint density at radius 1 is 0.935 bits per heavy atom. The molecule has 2 aromatic carbocycles. The number of para-hydroxylation sites is 1. The zero-order chi connectivity index (χ0) is 23.0. The van der Waals surface area contributed by atoms with Crippen LogP contribution in [0.15, 0.2) is 24.3 Å². The van der Waals surface area contributed by atoms with Gasteiger partial charge in [-0.25, -0.2) is 4.79 Å². The number of carbonyl (C=O) groups is 4. The number of nitrogens with one attached hydrogen (secondary N) is 1. The van der Waals surface area contributed by atoms with E-state index in [-0.39, 0.29) is 31.2 Å². The zero-order valence-corrected chi connectivity index (χ0v) is 19.3. The first-order valence-corrected chi connectivity index (χ1v) is 10.4. The van der Waals surface area contributed by atoms with Gasteiger partial charge in [0, 0.05) is 0 Å². The molecule has 1 heterocycles.